The van der Waals surface area contributed by atoms with Crippen molar-refractivity contribution in [3.63, 3.8) is 0 Å². The van der Waals surface area contributed by atoms with Gasteiger partial charge in [-0.05, 0) is 6.42 Å². The summed E-state index contributed by atoms with van der Waals surface area (Å²) in [6, 6.07) is 0. The van der Waals surface area contributed by atoms with Crippen molar-refractivity contribution in [3.8, 4) is 6.26 Å². The average Bonchev–Trinajstić information content (AvgIpc) is 2.14. The molecule has 0 bridgehead atoms. The molecular weight excluding hydrogens is 162 g/mol. The van der Waals surface area contributed by atoms with Gasteiger partial charge in [0.25, 0.3) is 6.26 Å². The molecule has 0 aliphatic heterocycles. The van der Waals surface area contributed by atoms with Crippen molar-refractivity contribution >= 4 is 0 Å². The summed E-state index contributed by atoms with van der Waals surface area (Å²) >= 11 is 0. The largest absolute Gasteiger partial charge is 0.427 e. The van der Waals surface area contributed by atoms with E-state index in [0.717, 1.165) is 0 Å². The van der Waals surface area contributed by atoms with Crippen LogP contribution in [0.3, 0.4) is 0 Å². The number of aliphatic hydroxyl groups is 3. The van der Waals surface area contributed by atoms with Crippen LogP contribution in [-0.2, 0) is 4.74 Å². The molecule has 0 unspecified atom stereocenters. The standard InChI is InChI=1S/C7H13NO4/c8-6-12-2-1-7(3-9,4-10)5-11/h9-11H,1-5H2. The van der Waals surface area contributed by atoms with Gasteiger partial charge >= 0.3 is 0 Å². The van der Waals surface area contributed by atoms with Crippen LogP contribution in [0.25, 0.3) is 0 Å². The number of nitriles is 1. The maximum atomic E-state index is 8.82. The molecular formula is C7H13NO4. The van der Waals surface area contributed by atoms with E-state index in [-0.39, 0.29) is 32.8 Å². The number of hydrogen-bond acceptors (Lipinski definition) is 5. The Hall–Kier alpha value is -0.830. The Labute approximate surface area is 70.8 Å². The van der Waals surface area contributed by atoms with Crippen LogP contribution in [0.15, 0.2) is 0 Å². The fourth-order valence-corrected chi connectivity index (χ4v) is 0.700. The van der Waals surface area contributed by atoms with Gasteiger partial charge in [-0.25, -0.2) is 0 Å². The van der Waals surface area contributed by atoms with Crippen LogP contribution in [0.5, 0.6) is 0 Å². The summed E-state index contributed by atoms with van der Waals surface area (Å²) in [4.78, 5) is 0. The summed E-state index contributed by atoms with van der Waals surface area (Å²) in [6.45, 7) is -0.878. The Balaban J connectivity index is 3.86. The van der Waals surface area contributed by atoms with Crippen molar-refractivity contribution in [1.29, 1.82) is 5.26 Å². The molecule has 0 amide bonds. The Bertz CT molecular complexity index is 142. The van der Waals surface area contributed by atoms with Gasteiger partial charge in [0, 0.05) is 5.41 Å². The molecule has 0 aromatic heterocycles. The predicted octanol–water partition coefficient (Wildman–Crippen LogP) is -1.16. The quantitative estimate of drug-likeness (QED) is 0.349. The molecule has 5 nitrogen and oxygen atoms in total. The van der Waals surface area contributed by atoms with Crippen molar-refractivity contribution in [3.05, 3.63) is 0 Å². The molecule has 0 aromatic carbocycles. The predicted molar refractivity (Wildman–Crippen MR) is 39.9 cm³/mol. The van der Waals surface area contributed by atoms with E-state index in [2.05, 4.69) is 4.74 Å². The molecule has 0 rings (SSSR count). The molecule has 5 heteroatoms. The Morgan fingerprint density at radius 2 is 1.67 bits per heavy atom. The van der Waals surface area contributed by atoms with Gasteiger partial charge in [-0.15, -0.1) is 0 Å². The zero-order chi connectivity index (χ0) is 9.45. The lowest BCUT2D eigenvalue weighted by Crippen LogP contribution is -2.35. The Morgan fingerprint density at radius 1 is 1.17 bits per heavy atom. The topological polar surface area (TPSA) is 93.7 Å². The normalized spacial score (nSPS) is 10.8. The minimum absolute atomic E-state index is 0.0954. The molecule has 0 saturated carbocycles. The van der Waals surface area contributed by atoms with Crippen molar-refractivity contribution < 1.29 is 20.1 Å². The summed E-state index contributed by atoms with van der Waals surface area (Å²) in [5.41, 5.74) is -0.934. The summed E-state index contributed by atoms with van der Waals surface area (Å²) in [5.74, 6) is 0. The highest BCUT2D eigenvalue weighted by atomic mass is 16.5. The van der Waals surface area contributed by atoms with Crippen LogP contribution in [0.4, 0.5) is 0 Å². The number of nitrogens with zero attached hydrogens (tertiary/aromatic N) is 1. The number of ether oxygens (including phenoxy) is 1. The van der Waals surface area contributed by atoms with Crippen molar-refractivity contribution in [2.75, 3.05) is 26.4 Å². The number of rotatable bonds is 6. The van der Waals surface area contributed by atoms with Gasteiger partial charge in [-0.1, -0.05) is 0 Å². The second-order valence-electron chi connectivity index (χ2n) is 2.66. The molecule has 0 aliphatic rings. The van der Waals surface area contributed by atoms with E-state index >= 15 is 0 Å². The van der Waals surface area contributed by atoms with Gasteiger partial charge in [-0.3, -0.25) is 0 Å². The third-order valence-corrected chi connectivity index (χ3v) is 1.81. The van der Waals surface area contributed by atoms with Gasteiger partial charge in [0.05, 0.1) is 19.8 Å². The molecule has 0 aromatic rings. The molecule has 0 spiro atoms. The van der Waals surface area contributed by atoms with Crippen LogP contribution in [0.1, 0.15) is 6.42 Å². The second kappa shape index (κ2) is 5.77. The smallest absolute Gasteiger partial charge is 0.286 e. The summed E-state index contributed by atoms with van der Waals surface area (Å²) in [6.07, 6.45) is 1.72. The molecule has 0 heterocycles. The Kier molecular flexibility index (Phi) is 5.37. The molecule has 70 valence electrons. The molecule has 12 heavy (non-hydrogen) atoms. The lowest BCUT2D eigenvalue weighted by atomic mass is 9.88. The Morgan fingerprint density at radius 3 is 2.00 bits per heavy atom. The van der Waals surface area contributed by atoms with Gasteiger partial charge in [0.1, 0.15) is 6.61 Å². The van der Waals surface area contributed by atoms with Gasteiger partial charge in [0.2, 0.25) is 0 Å². The third kappa shape index (κ3) is 3.05. The molecule has 0 radical (unpaired) electrons. The molecule has 3 N–H and O–H groups in total. The van der Waals surface area contributed by atoms with Gasteiger partial charge < -0.3 is 20.1 Å². The molecule has 0 fully saturated rings. The highest BCUT2D eigenvalue weighted by Gasteiger charge is 2.27. The SMILES string of the molecule is N#COCCC(CO)(CO)CO. The van der Waals surface area contributed by atoms with Gasteiger partial charge in [0.15, 0.2) is 0 Å². The van der Waals surface area contributed by atoms with Crippen molar-refractivity contribution in [1.82, 2.24) is 0 Å². The zero-order valence-corrected chi connectivity index (χ0v) is 6.73. The zero-order valence-electron chi connectivity index (χ0n) is 6.73. The molecule has 0 aliphatic carbocycles. The second-order valence-corrected chi connectivity index (χ2v) is 2.66. The number of aliphatic hydroxyl groups excluding tert-OH is 3. The van der Waals surface area contributed by atoms with Gasteiger partial charge in [-0.2, -0.15) is 5.26 Å². The lowest BCUT2D eigenvalue weighted by Gasteiger charge is -2.26. The first-order valence-corrected chi connectivity index (χ1v) is 3.58. The van der Waals surface area contributed by atoms with E-state index < -0.39 is 5.41 Å². The van der Waals surface area contributed by atoms with Crippen LogP contribution in [0, 0.1) is 16.9 Å². The van der Waals surface area contributed by atoms with E-state index in [9.17, 15) is 0 Å². The highest BCUT2D eigenvalue weighted by Crippen LogP contribution is 2.19. The van der Waals surface area contributed by atoms with E-state index in [1.54, 1.807) is 0 Å². The van der Waals surface area contributed by atoms with Crippen LogP contribution >= 0.6 is 0 Å². The van der Waals surface area contributed by atoms with Crippen LogP contribution in [0.2, 0.25) is 0 Å². The minimum Gasteiger partial charge on any atom is -0.427 e. The highest BCUT2D eigenvalue weighted by molar-refractivity contribution is 4.76. The summed E-state index contributed by atoms with van der Waals surface area (Å²) in [7, 11) is 0. The fourth-order valence-electron chi connectivity index (χ4n) is 0.700. The number of hydrogen-bond donors (Lipinski definition) is 3. The molecule has 0 saturated heterocycles. The van der Waals surface area contributed by atoms with Crippen LogP contribution in [-0.4, -0.2) is 41.7 Å². The fraction of sp³-hybridized carbons (Fsp3) is 0.857. The monoisotopic (exact) mass is 175 g/mol. The first kappa shape index (κ1) is 11.2. The average molecular weight is 175 g/mol. The third-order valence-electron chi connectivity index (χ3n) is 1.81. The first-order chi connectivity index (χ1) is 5.74. The van der Waals surface area contributed by atoms with E-state index in [4.69, 9.17) is 20.6 Å². The van der Waals surface area contributed by atoms with Crippen molar-refractivity contribution in [2.45, 2.75) is 6.42 Å². The van der Waals surface area contributed by atoms with E-state index in [1.807, 2.05) is 0 Å². The minimum atomic E-state index is -0.934. The van der Waals surface area contributed by atoms with Crippen LogP contribution < -0.4 is 0 Å². The van der Waals surface area contributed by atoms with Crippen molar-refractivity contribution in [2.24, 2.45) is 5.41 Å². The first-order valence-electron chi connectivity index (χ1n) is 3.58. The summed E-state index contributed by atoms with van der Waals surface area (Å²) in [5, 5.41) is 34.5. The maximum Gasteiger partial charge on any atom is 0.286 e. The van der Waals surface area contributed by atoms with E-state index in [0.29, 0.717) is 0 Å². The summed E-state index contributed by atoms with van der Waals surface area (Å²) < 4.78 is 4.37. The molecule has 0 atom stereocenters. The maximum absolute atomic E-state index is 8.82. The van der Waals surface area contributed by atoms with E-state index in [1.165, 1.54) is 6.26 Å². The lowest BCUT2D eigenvalue weighted by molar-refractivity contribution is -0.0113.